The minimum absolute atomic E-state index is 0.00332. The summed E-state index contributed by atoms with van der Waals surface area (Å²) in [6.07, 6.45) is 0.289. The monoisotopic (exact) mass is 348 g/mol. The first-order valence-corrected chi connectivity index (χ1v) is 9.44. The molecule has 1 aromatic carbocycles. The number of benzene rings is 1. The zero-order valence-electron chi connectivity index (χ0n) is 13.4. The molecule has 3 aliphatic rings. The molecule has 6 nitrogen and oxygen atoms in total. The molecule has 7 heteroatoms. The Kier molecular flexibility index (Phi) is 4.26. The average molecular weight is 348 g/mol. The van der Waals surface area contributed by atoms with Crippen molar-refractivity contribution in [1.82, 2.24) is 4.90 Å². The molecule has 0 bridgehead atoms. The number of ether oxygens (including phenoxy) is 2. The van der Waals surface area contributed by atoms with E-state index in [2.05, 4.69) is 0 Å². The Morgan fingerprint density at radius 1 is 1.12 bits per heavy atom. The summed E-state index contributed by atoms with van der Waals surface area (Å²) in [5.74, 6) is 3.20. The van der Waals surface area contributed by atoms with Crippen LogP contribution in [0.3, 0.4) is 0 Å². The molecule has 1 atom stereocenters. The smallest absolute Gasteiger partial charge is 0.228 e. The quantitative estimate of drug-likeness (QED) is 0.808. The lowest BCUT2D eigenvalue weighted by atomic mass is 10.1. The number of amides is 2. The lowest BCUT2D eigenvalue weighted by Crippen LogP contribution is -2.42. The molecule has 0 spiro atoms. The minimum atomic E-state index is -0.242. The van der Waals surface area contributed by atoms with E-state index in [0.717, 1.165) is 30.3 Å². The number of fused-ring (bicyclic) bond motifs is 1. The van der Waals surface area contributed by atoms with Gasteiger partial charge in [0, 0.05) is 49.3 Å². The van der Waals surface area contributed by atoms with Crippen molar-refractivity contribution in [3.05, 3.63) is 18.2 Å². The highest BCUT2D eigenvalue weighted by atomic mass is 32.2. The van der Waals surface area contributed by atoms with Gasteiger partial charge < -0.3 is 19.3 Å². The molecule has 0 N–H and O–H groups in total. The molecule has 2 saturated heterocycles. The average Bonchev–Trinajstić information content (AvgIpc) is 3.03. The van der Waals surface area contributed by atoms with Crippen molar-refractivity contribution >= 4 is 29.3 Å². The summed E-state index contributed by atoms with van der Waals surface area (Å²) in [5, 5.41) is 0. The Balaban J connectivity index is 1.48. The van der Waals surface area contributed by atoms with E-state index in [-0.39, 0.29) is 24.2 Å². The van der Waals surface area contributed by atoms with Crippen LogP contribution in [0.1, 0.15) is 6.42 Å². The van der Waals surface area contributed by atoms with Gasteiger partial charge >= 0.3 is 0 Å². The zero-order chi connectivity index (χ0) is 16.5. The van der Waals surface area contributed by atoms with Gasteiger partial charge in [-0.05, 0) is 12.1 Å². The fourth-order valence-electron chi connectivity index (χ4n) is 3.36. The maximum Gasteiger partial charge on any atom is 0.228 e. The number of carbonyl (C=O) groups excluding carboxylic acids is 2. The van der Waals surface area contributed by atoms with Crippen molar-refractivity contribution in [2.45, 2.75) is 6.42 Å². The molecule has 2 amide bonds. The van der Waals surface area contributed by atoms with Gasteiger partial charge in [-0.1, -0.05) is 0 Å². The number of nitrogens with zero attached hydrogens (tertiary/aromatic N) is 2. The number of rotatable bonds is 2. The topological polar surface area (TPSA) is 59.1 Å². The van der Waals surface area contributed by atoms with Gasteiger partial charge in [0.2, 0.25) is 11.8 Å². The Hall–Kier alpha value is -1.89. The molecule has 3 aliphatic heterocycles. The van der Waals surface area contributed by atoms with Crippen molar-refractivity contribution in [3.8, 4) is 11.5 Å². The van der Waals surface area contributed by atoms with Gasteiger partial charge in [0.25, 0.3) is 0 Å². The van der Waals surface area contributed by atoms with Crippen LogP contribution in [0.2, 0.25) is 0 Å². The second-order valence-electron chi connectivity index (χ2n) is 6.17. The van der Waals surface area contributed by atoms with Gasteiger partial charge in [-0.3, -0.25) is 9.59 Å². The standard InChI is InChI=1S/C17H20N2O4S/c20-16-9-12(17(21)18-3-7-24-8-4-18)11-19(16)13-1-2-14-15(10-13)23-6-5-22-14/h1-2,10,12H,3-9,11H2. The fraction of sp³-hybridized carbons (Fsp3) is 0.529. The second-order valence-corrected chi connectivity index (χ2v) is 7.40. The van der Waals surface area contributed by atoms with Crippen molar-refractivity contribution < 1.29 is 19.1 Å². The highest BCUT2D eigenvalue weighted by Gasteiger charge is 2.37. The van der Waals surface area contributed by atoms with Crippen LogP contribution >= 0.6 is 11.8 Å². The van der Waals surface area contributed by atoms with E-state index in [9.17, 15) is 9.59 Å². The Labute approximate surface area is 145 Å². The predicted molar refractivity (Wildman–Crippen MR) is 91.8 cm³/mol. The number of thioether (sulfide) groups is 1. The maximum absolute atomic E-state index is 12.6. The first-order valence-electron chi connectivity index (χ1n) is 8.29. The van der Waals surface area contributed by atoms with Gasteiger partial charge in [0.05, 0.1) is 5.92 Å². The summed E-state index contributed by atoms with van der Waals surface area (Å²) < 4.78 is 11.1. The van der Waals surface area contributed by atoms with Gasteiger partial charge in [-0.15, -0.1) is 0 Å². The molecular formula is C17H20N2O4S. The third kappa shape index (κ3) is 2.92. The summed E-state index contributed by atoms with van der Waals surface area (Å²) in [7, 11) is 0. The largest absolute Gasteiger partial charge is 0.486 e. The van der Waals surface area contributed by atoms with Crippen LogP contribution in [-0.4, -0.2) is 61.1 Å². The minimum Gasteiger partial charge on any atom is -0.486 e. The van der Waals surface area contributed by atoms with Crippen molar-refractivity contribution in [2.24, 2.45) is 5.92 Å². The van der Waals surface area contributed by atoms with Gasteiger partial charge in [0.15, 0.2) is 11.5 Å². The summed E-state index contributed by atoms with van der Waals surface area (Å²) >= 11 is 1.87. The fourth-order valence-corrected chi connectivity index (χ4v) is 4.27. The van der Waals surface area contributed by atoms with Gasteiger partial charge in [-0.25, -0.2) is 0 Å². The molecule has 24 heavy (non-hydrogen) atoms. The normalized spacial score (nSPS) is 23.5. The number of hydrogen-bond acceptors (Lipinski definition) is 5. The third-order valence-corrected chi connectivity index (χ3v) is 5.58. The lowest BCUT2D eigenvalue weighted by molar-refractivity contribution is -0.135. The van der Waals surface area contributed by atoms with Crippen molar-refractivity contribution in [1.29, 1.82) is 0 Å². The van der Waals surface area contributed by atoms with E-state index < -0.39 is 0 Å². The SMILES string of the molecule is O=C(C1CC(=O)N(c2ccc3c(c2)OCCO3)C1)N1CCSCC1. The highest BCUT2D eigenvalue weighted by molar-refractivity contribution is 7.99. The van der Waals surface area contributed by atoms with Gasteiger partial charge in [-0.2, -0.15) is 11.8 Å². The first kappa shape index (κ1) is 15.6. The number of anilines is 1. The van der Waals surface area contributed by atoms with Crippen LogP contribution in [0, 0.1) is 5.92 Å². The van der Waals surface area contributed by atoms with Crippen molar-refractivity contribution in [3.63, 3.8) is 0 Å². The summed E-state index contributed by atoms with van der Waals surface area (Å²) in [6.45, 7) is 3.08. The van der Waals surface area contributed by atoms with E-state index in [0.29, 0.717) is 31.3 Å². The van der Waals surface area contributed by atoms with E-state index >= 15 is 0 Å². The van der Waals surface area contributed by atoms with E-state index in [1.54, 1.807) is 4.90 Å². The molecule has 0 saturated carbocycles. The Morgan fingerprint density at radius 3 is 2.67 bits per heavy atom. The molecule has 0 radical (unpaired) electrons. The van der Waals surface area contributed by atoms with E-state index in [1.807, 2.05) is 34.9 Å². The van der Waals surface area contributed by atoms with Crippen LogP contribution < -0.4 is 14.4 Å². The first-order chi connectivity index (χ1) is 11.7. The molecule has 4 rings (SSSR count). The molecule has 3 heterocycles. The second kappa shape index (κ2) is 6.55. The van der Waals surface area contributed by atoms with Crippen LogP contribution in [0.15, 0.2) is 18.2 Å². The predicted octanol–water partition coefficient (Wildman–Crippen LogP) is 1.39. The molecule has 0 aliphatic carbocycles. The Bertz CT molecular complexity index is 660. The molecule has 1 unspecified atom stereocenters. The van der Waals surface area contributed by atoms with E-state index in [4.69, 9.17) is 9.47 Å². The van der Waals surface area contributed by atoms with Crippen LogP contribution in [0.4, 0.5) is 5.69 Å². The van der Waals surface area contributed by atoms with Crippen LogP contribution in [0.5, 0.6) is 11.5 Å². The summed E-state index contributed by atoms with van der Waals surface area (Å²) in [5.41, 5.74) is 0.772. The van der Waals surface area contributed by atoms with Crippen LogP contribution in [-0.2, 0) is 9.59 Å². The number of hydrogen-bond donors (Lipinski definition) is 0. The molecule has 128 valence electrons. The molecule has 0 aromatic heterocycles. The molecule has 1 aromatic rings. The molecular weight excluding hydrogens is 328 g/mol. The summed E-state index contributed by atoms with van der Waals surface area (Å²) in [4.78, 5) is 28.7. The highest BCUT2D eigenvalue weighted by Crippen LogP contribution is 2.36. The Morgan fingerprint density at radius 2 is 1.88 bits per heavy atom. The maximum atomic E-state index is 12.6. The summed E-state index contributed by atoms with van der Waals surface area (Å²) in [6, 6.07) is 5.51. The van der Waals surface area contributed by atoms with Gasteiger partial charge in [0.1, 0.15) is 13.2 Å². The van der Waals surface area contributed by atoms with Crippen molar-refractivity contribution in [2.75, 3.05) is 49.3 Å². The number of carbonyl (C=O) groups is 2. The van der Waals surface area contributed by atoms with Crippen LogP contribution in [0.25, 0.3) is 0 Å². The van der Waals surface area contributed by atoms with E-state index in [1.165, 1.54) is 0 Å². The lowest BCUT2D eigenvalue weighted by Gasteiger charge is -2.28. The zero-order valence-corrected chi connectivity index (χ0v) is 14.2. The molecule has 2 fully saturated rings. The third-order valence-electron chi connectivity index (χ3n) is 4.63.